The van der Waals surface area contributed by atoms with Gasteiger partial charge in [-0.1, -0.05) is 11.8 Å². The van der Waals surface area contributed by atoms with E-state index in [0.717, 1.165) is 6.07 Å². The Labute approximate surface area is 139 Å². The van der Waals surface area contributed by atoms with Gasteiger partial charge in [0.05, 0.1) is 22.1 Å². The van der Waals surface area contributed by atoms with Crippen molar-refractivity contribution in [3.8, 4) is 23.7 Å². The first kappa shape index (κ1) is 18.8. The van der Waals surface area contributed by atoms with Crippen LogP contribution in [0.3, 0.4) is 0 Å². The van der Waals surface area contributed by atoms with Gasteiger partial charge in [0.15, 0.2) is 0 Å². The van der Waals surface area contributed by atoms with E-state index in [9.17, 15) is 20.0 Å². The quantitative estimate of drug-likeness (QED) is 0.379. The molecule has 0 aliphatic carbocycles. The molecule has 1 rings (SSSR count). The second kappa shape index (κ2) is 7.84. The first-order valence-corrected chi connectivity index (χ1v) is 7.01. The molecule has 24 heavy (non-hydrogen) atoms. The van der Waals surface area contributed by atoms with Gasteiger partial charge in [-0.3, -0.25) is 10.1 Å². The van der Waals surface area contributed by atoms with Crippen LogP contribution in [0.15, 0.2) is 12.1 Å². The molecule has 0 bridgehead atoms. The lowest BCUT2D eigenvalue weighted by molar-refractivity contribution is -0.385. The number of hydrogen-bond donors (Lipinski definition) is 2. The molecule has 0 aliphatic heterocycles. The number of aromatic hydroxyl groups is 1. The largest absolute Gasteiger partial charge is 0.501 e. The van der Waals surface area contributed by atoms with Gasteiger partial charge in [0.25, 0.3) is 0 Å². The van der Waals surface area contributed by atoms with Gasteiger partial charge in [0, 0.05) is 19.0 Å². The lowest BCUT2D eigenvalue weighted by Crippen LogP contribution is -2.32. The maximum atomic E-state index is 11.4. The molecule has 126 valence electrons. The molecule has 0 spiro atoms. The highest BCUT2D eigenvalue weighted by Crippen LogP contribution is 2.30. The monoisotopic (exact) mass is 331 g/mol. The summed E-state index contributed by atoms with van der Waals surface area (Å²) in [6.07, 6.45) is -0.335. The summed E-state index contributed by atoms with van der Waals surface area (Å²) in [6, 6.07) is 4.01. The number of nitrogens with zero attached hydrogens (tertiary/aromatic N) is 2. The highest BCUT2D eigenvalue weighted by Gasteiger charge is 2.18. The number of alkyl carbamates (subject to hydrolysis) is 1. The third kappa shape index (κ3) is 5.85. The van der Waals surface area contributed by atoms with E-state index in [0.29, 0.717) is 0 Å². The summed E-state index contributed by atoms with van der Waals surface area (Å²) in [6.45, 7) is 5.43. The Morgan fingerprint density at radius 2 is 2.12 bits per heavy atom. The minimum Gasteiger partial charge on any atom is -0.501 e. The summed E-state index contributed by atoms with van der Waals surface area (Å²) < 4.78 is 5.04. The van der Waals surface area contributed by atoms with Crippen molar-refractivity contribution in [1.29, 1.82) is 5.26 Å². The molecule has 0 aliphatic rings. The van der Waals surface area contributed by atoms with E-state index in [1.54, 1.807) is 26.8 Å². The molecule has 0 unspecified atom stereocenters. The molecular weight excluding hydrogens is 314 g/mol. The number of phenols is 1. The Hall–Kier alpha value is -3.26. The summed E-state index contributed by atoms with van der Waals surface area (Å²) in [7, 11) is 0. The average Bonchev–Trinajstić information content (AvgIpc) is 2.46. The van der Waals surface area contributed by atoms with E-state index in [1.807, 2.05) is 0 Å². The number of rotatable bonds is 3. The van der Waals surface area contributed by atoms with Crippen LogP contribution in [0, 0.1) is 33.3 Å². The van der Waals surface area contributed by atoms with Crippen molar-refractivity contribution >= 4 is 11.8 Å². The molecule has 1 aromatic rings. The maximum absolute atomic E-state index is 11.4. The van der Waals surface area contributed by atoms with Crippen LogP contribution in [0.25, 0.3) is 0 Å². The van der Waals surface area contributed by atoms with Crippen molar-refractivity contribution < 1.29 is 19.6 Å². The van der Waals surface area contributed by atoms with E-state index >= 15 is 0 Å². The zero-order chi connectivity index (χ0) is 18.3. The van der Waals surface area contributed by atoms with Gasteiger partial charge >= 0.3 is 11.8 Å². The van der Waals surface area contributed by atoms with Crippen LogP contribution >= 0.6 is 0 Å². The zero-order valence-electron chi connectivity index (χ0n) is 13.5. The van der Waals surface area contributed by atoms with Gasteiger partial charge in [-0.05, 0) is 26.8 Å². The zero-order valence-corrected chi connectivity index (χ0v) is 13.5. The Morgan fingerprint density at radius 1 is 1.46 bits per heavy atom. The fraction of sp³-hybridized carbons (Fsp3) is 0.375. The van der Waals surface area contributed by atoms with E-state index in [1.165, 1.54) is 6.07 Å². The van der Waals surface area contributed by atoms with E-state index < -0.39 is 28.1 Å². The standard InChI is InChI=1S/C16H17N3O5/c1-16(2,3)24-15(21)18-7-5-4-6-12-8-11(10-17)9-13(14(12)20)19(22)23/h8-9,20H,5,7H2,1-3H3,(H,18,21). The van der Waals surface area contributed by atoms with Gasteiger partial charge < -0.3 is 15.2 Å². The third-order valence-corrected chi connectivity index (χ3v) is 2.56. The maximum Gasteiger partial charge on any atom is 0.407 e. The van der Waals surface area contributed by atoms with Gasteiger partial charge in [0.1, 0.15) is 5.60 Å². The van der Waals surface area contributed by atoms with Crippen LogP contribution in [0.2, 0.25) is 0 Å². The van der Waals surface area contributed by atoms with Crippen LogP contribution < -0.4 is 5.32 Å². The lowest BCUT2D eigenvalue weighted by atomic mass is 10.1. The Morgan fingerprint density at radius 3 is 2.67 bits per heavy atom. The number of amides is 1. The molecule has 2 N–H and O–H groups in total. The number of nitriles is 1. The Bertz CT molecular complexity index is 748. The summed E-state index contributed by atoms with van der Waals surface area (Å²) in [4.78, 5) is 21.5. The molecule has 0 heterocycles. The number of benzene rings is 1. The van der Waals surface area contributed by atoms with E-state index in [2.05, 4.69) is 17.2 Å². The van der Waals surface area contributed by atoms with Crippen LogP contribution in [0.5, 0.6) is 5.75 Å². The van der Waals surface area contributed by atoms with E-state index in [4.69, 9.17) is 10.00 Å². The molecule has 1 aromatic carbocycles. The highest BCUT2D eigenvalue weighted by atomic mass is 16.6. The first-order chi connectivity index (χ1) is 11.1. The number of nitro groups is 1. The molecule has 0 atom stereocenters. The number of phenolic OH excluding ortho intramolecular Hbond substituents is 1. The van der Waals surface area contributed by atoms with Gasteiger partial charge in [0.2, 0.25) is 5.75 Å². The number of carbonyl (C=O) groups is 1. The predicted octanol–water partition coefficient (Wildman–Crippen LogP) is 2.44. The molecule has 0 fully saturated rings. The van der Waals surface area contributed by atoms with Crippen molar-refractivity contribution in [2.24, 2.45) is 0 Å². The molecule has 8 heteroatoms. The molecule has 0 aromatic heterocycles. The average molecular weight is 331 g/mol. The molecular formula is C16H17N3O5. The minimum atomic E-state index is -0.786. The highest BCUT2D eigenvalue weighted by molar-refractivity contribution is 5.67. The first-order valence-electron chi connectivity index (χ1n) is 7.01. The second-order valence-electron chi connectivity index (χ2n) is 5.74. The molecule has 0 saturated heterocycles. The SMILES string of the molecule is CC(C)(C)OC(=O)NCCC#Cc1cc(C#N)cc([N+](=O)[O-])c1O. The Kier molecular flexibility index (Phi) is 6.14. The smallest absolute Gasteiger partial charge is 0.407 e. The fourth-order valence-electron chi connectivity index (χ4n) is 1.62. The lowest BCUT2D eigenvalue weighted by Gasteiger charge is -2.19. The number of nitrogens with one attached hydrogen (secondary N) is 1. The van der Waals surface area contributed by atoms with Crippen LogP contribution in [-0.2, 0) is 4.74 Å². The fourth-order valence-corrected chi connectivity index (χ4v) is 1.62. The summed E-state index contributed by atoms with van der Waals surface area (Å²) >= 11 is 0. The summed E-state index contributed by atoms with van der Waals surface area (Å²) in [5.74, 6) is 4.63. The topological polar surface area (TPSA) is 125 Å². The number of nitro benzene ring substituents is 1. The van der Waals surface area contributed by atoms with Crippen LogP contribution in [0.4, 0.5) is 10.5 Å². The molecule has 0 radical (unpaired) electrons. The number of carbonyl (C=O) groups excluding carboxylic acids is 1. The van der Waals surface area contributed by atoms with Crippen LogP contribution in [-0.4, -0.2) is 28.3 Å². The van der Waals surface area contributed by atoms with Gasteiger partial charge in [-0.25, -0.2) is 4.79 Å². The summed E-state index contributed by atoms with van der Waals surface area (Å²) in [5.41, 5.74) is -1.17. The minimum absolute atomic E-state index is 0.0157. The van der Waals surface area contributed by atoms with Gasteiger partial charge in [-0.15, -0.1) is 0 Å². The second-order valence-corrected chi connectivity index (χ2v) is 5.74. The number of hydrogen-bond acceptors (Lipinski definition) is 6. The van der Waals surface area contributed by atoms with Crippen molar-refractivity contribution in [2.45, 2.75) is 32.8 Å². The van der Waals surface area contributed by atoms with Crippen LogP contribution in [0.1, 0.15) is 38.3 Å². The molecule has 1 amide bonds. The third-order valence-electron chi connectivity index (χ3n) is 2.56. The summed E-state index contributed by atoms with van der Waals surface area (Å²) in [5, 5.41) is 32.0. The van der Waals surface area contributed by atoms with Crippen molar-refractivity contribution in [2.75, 3.05) is 6.54 Å². The van der Waals surface area contributed by atoms with Crippen molar-refractivity contribution in [3.05, 3.63) is 33.4 Å². The Balaban J connectivity index is 2.74. The molecule has 8 nitrogen and oxygen atoms in total. The van der Waals surface area contributed by atoms with Crippen molar-refractivity contribution in [1.82, 2.24) is 5.32 Å². The molecule has 0 saturated carbocycles. The normalized spacial score (nSPS) is 10.1. The number of ether oxygens (including phenoxy) is 1. The van der Waals surface area contributed by atoms with Gasteiger partial charge in [-0.2, -0.15) is 5.26 Å². The van der Waals surface area contributed by atoms with E-state index in [-0.39, 0.29) is 24.1 Å². The van der Waals surface area contributed by atoms with Crippen molar-refractivity contribution in [3.63, 3.8) is 0 Å². The predicted molar refractivity (Wildman–Crippen MR) is 85.2 cm³/mol.